The molecule has 0 amide bonds. The first-order chi connectivity index (χ1) is 5.29. The minimum Gasteiger partial charge on any atom is -0.384 e. The summed E-state index contributed by atoms with van der Waals surface area (Å²) in [5.74, 6) is 0. The van der Waals surface area contributed by atoms with Crippen molar-refractivity contribution in [2.75, 3.05) is 11.9 Å². The van der Waals surface area contributed by atoms with Crippen LogP contribution in [0.5, 0.6) is 0 Å². The topological polar surface area (TPSA) is 12.0 Å². The largest absolute Gasteiger partial charge is 0.384 e. The quantitative estimate of drug-likeness (QED) is 0.627. The Morgan fingerprint density at radius 1 is 1.45 bits per heavy atom. The Hall–Kier alpha value is -0.690. The molecule has 1 aliphatic rings. The van der Waals surface area contributed by atoms with Gasteiger partial charge in [-0.1, -0.05) is 17.7 Å². The van der Waals surface area contributed by atoms with Crippen LogP contribution < -0.4 is 5.32 Å². The van der Waals surface area contributed by atoms with Gasteiger partial charge in [-0.15, -0.1) is 0 Å². The highest BCUT2D eigenvalue weighted by molar-refractivity contribution is 6.32. The lowest BCUT2D eigenvalue weighted by Crippen LogP contribution is -1.90. The average molecular weight is 168 g/mol. The van der Waals surface area contributed by atoms with Crippen LogP contribution >= 0.6 is 11.6 Å². The van der Waals surface area contributed by atoms with Crippen molar-refractivity contribution in [1.82, 2.24) is 0 Å². The van der Waals surface area contributed by atoms with Crippen molar-refractivity contribution in [2.24, 2.45) is 0 Å². The lowest BCUT2D eigenvalue weighted by Gasteiger charge is -2.03. The Labute approximate surface area is 71.4 Å². The molecule has 0 atom stereocenters. The number of hydrogen-bond acceptors (Lipinski definition) is 1. The van der Waals surface area contributed by atoms with E-state index in [1.54, 1.807) is 0 Å². The van der Waals surface area contributed by atoms with Gasteiger partial charge in [0.2, 0.25) is 0 Å². The van der Waals surface area contributed by atoms with Crippen molar-refractivity contribution < 1.29 is 0 Å². The van der Waals surface area contributed by atoms with Crippen LogP contribution in [-0.2, 0) is 6.42 Å². The third-order valence-electron chi connectivity index (χ3n) is 2.13. The summed E-state index contributed by atoms with van der Waals surface area (Å²) in [7, 11) is 0. The van der Waals surface area contributed by atoms with E-state index in [-0.39, 0.29) is 0 Å². The van der Waals surface area contributed by atoms with Crippen LogP contribution in [0.4, 0.5) is 5.69 Å². The molecule has 0 aliphatic carbocycles. The molecule has 1 aliphatic heterocycles. The molecule has 0 aromatic heterocycles. The minimum absolute atomic E-state index is 0.938. The molecule has 0 saturated carbocycles. The lowest BCUT2D eigenvalue weighted by molar-refractivity contribution is 1.10. The number of rotatable bonds is 0. The van der Waals surface area contributed by atoms with Crippen molar-refractivity contribution in [2.45, 2.75) is 13.3 Å². The molecule has 2 heteroatoms. The van der Waals surface area contributed by atoms with Crippen molar-refractivity contribution in [3.05, 3.63) is 28.3 Å². The van der Waals surface area contributed by atoms with E-state index in [2.05, 4.69) is 17.4 Å². The molecule has 1 aromatic rings. The third-order valence-corrected chi connectivity index (χ3v) is 2.65. The van der Waals surface area contributed by atoms with Crippen LogP contribution in [0.1, 0.15) is 11.1 Å². The summed E-state index contributed by atoms with van der Waals surface area (Å²) in [6, 6.07) is 4.16. The van der Waals surface area contributed by atoms with Gasteiger partial charge >= 0.3 is 0 Å². The highest BCUT2D eigenvalue weighted by Crippen LogP contribution is 2.31. The second-order valence-electron chi connectivity index (χ2n) is 2.90. The first-order valence-corrected chi connectivity index (χ1v) is 4.18. The van der Waals surface area contributed by atoms with E-state index in [1.165, 1.54) is 16.8 Å². The van der Waals surface area contributed by atoms with Crippen molar-refractivity contribution >= 4 is 17.3 Å². The number of benzene rings is 1. The lowest BCUT2D eigenvalue weighted by atomic mass is 10.1. The van der Waals surface area contributed by atoms with Crippen LogP contribution in [0.2, 0.25) is 5.02 Å². The molecule has 1 heterocycles. The van der Waals surface area contributed by atoms with Gasteiger partial charge in [0.1, 0.15) is 0 Å². The van der Waals surface area contributed by atoms with E-state index in [0.29, 0.717) is 0 Å². The maximum Gasteiger partial charge on any atom is 0.0488 e. The molecule has 0 bridgehead atoms. The Morgan fingerprint density at radius 3 is 3.09 bits per heavy atom. The van der Waals surface area contributed by atoms with Gasteiger partial charge in [-0.05, 0) is 30.5 Å². The number of nitrogens with one attached hydrogen (secondary N) is 1. The number of fused-ring (bicyclic) bond motifs is 1. The molecule has 0 spiro atoms. The number of aryl methyl sites for hydroxylation is 1. The minimum atomic E-state index is 0.938. The standard InChI is InChI=1S/C9H10ClN/c1-6-2-3-8-7(9(6)10)4-5-11-8/h2-3,11H,4-5H2,1H3. The molecule has 1 N–H and O–H groups in total. The highest BCUT2D eigenvalue weighted by atomic mass is 35.5. The molecule has 58 valence electrons. The zero-order chi connectivity index (χ0) is 7.84. The van der Waals surface area contributed by atoms with Crippen LogP contribution in [-0.4, -0.2) is 6.54 Å². The Morgan fingerprint density at radius 2 is 2.27 bits per heavy atom. The van der Waals surface area contributed by atoms with E-state index in [4.69, 9.17) is 11.6 Å². The number of anilines is 1. The van der Waals surface area contributed by atoms with Gasteiger partial charge in [-0.3, -0.25) is 0 Å². The normalized spacial score (nSPS) is 14.4. The summed E-state index contributed by atoms with van der Waals surface area (Å²) >= 11 is 6.10. The molecule has 0 radical (unpaired) electrons. The maximum atomic E-state index is 6.10. The van der Waals surface area contributed by atoms with Gasteiger partial charge in [0.15, 0.2) is 0 Å². The molecule has 0 saturated heterocycles. The van der Waals surface area contributed by atoms with Crippen LogP contribution in [0.3, 0.4) is 0 Å². The molecule has 0 unspecified atom stereocenters. The molecule has 0 fully saturated rings. The van der Waals surface area contributed by atoms with Gasteiger partial charge in [0, 0.05) is 17.3 Å². The molecular formula is C9H10ClN. The zero-order valence-corrected chi connectivity index (χ0v) is 7.20. The fourth-order valence-corrected chi connectivity index (χ4v) is 1.73. The van der Waals surface area contributed by atoms with E-state index >= 15 is 0 Å². The fraction of sp³-hybridized carbons (Fsp3) is 0.333. The summed E-state index contributed by atoms with van der Waals surface area (Å²) in [5.41, 5.74) is 3.67. The first-order valence-electron chi connectivity index (χ1n) is 3.81. The Balaban J connectivity index is 2.62. The molecule has 2 rings (SSSR count). The summed E-state index contributed by atoms with van der Waals surface area (Å²) in [6.07, 6.45) is 1.07. The predicted octanol–water partition coefficient (Wildman–Crippen LogP) is 2.62. The van der Waals surface area contributed by atoms with Gasteiger partial charge < -0.3 is 5.32 Å². The summed E-state index contributed by atoms with van der Waals surface area (Å²) in [4.78, 5) is 0. The first kappa shape index (κ1) is 6.99. The number of halogens is 1. The molecule has 1 aromatic carbocycles. The van der Waals surface area contributed by atoms with Crippen LogP contribution in [0, 0.1) is 6.92 Å². The van der Waals surface area contributed by atoms with Crippen molar-refractivity contribution in [3.63, 3.8) is 0 Å². The number of hydrogen-bond donors (Lipinski definition) is 1. The van der Waals surface area contributed by atoms with Gasteiger partial charge in [0.05, 0.1) is 0 Å². The zero-order valence-electron chi connectivity index (χ0n) is 6.45. The van der Waals surface area contributed by atoms with E-state index in [0.717, 1.165) is 18.0 Å². The molecule has 1 nitrogen and oxygen atoms in total. The second-order valence-corrected chi connectivity index (χ2v) is 3.28. The second kappa shape index (κ2) is 2.42. The van der Waals surface area contributed by atoms with Crippen molar-refractivity contribution in [1.29, 1.82) is 0 Å². The third kappa shape index (κ3) is 1.000. The summed E-state index contributed by atoms with van der Waals surface area (Å²) < 4.78 is 0. The summed E-state index contributed by atoms with van der Waals surface area (Å²) in [6.45, 7) is 3.07. The Bertz CT molecular complexity index is 294. The highest BCUT2D eigenvalue weighted by Gasteiger charge is 2.13. The van der Waals surface area contributed by atoms with Crippen LogP contribution in [0.15, 0.2) is 12.1 Å². The van der Waals surface area contributed by atoms with Gasteiger partial charge in [-0.2, -0.15) is 0 Å². The predicted molar refractivity (Wildman–Crippen MR) is 48.4 cm³/mol. The molecular weight excluding hydrogens is 158 g/mol. The van der Waals surface area contributed by atoms with Gasteiger partial charge in [-0.25, -0.2) is 0 Å². The van der Waals surface area contributed by atoms with Crippen molar-refractivity contribution in [3.8, 4) is 0 Å². The summed E-state index contributed by atoms with van der Waals surface area (Å²) in [5, 5.41) is 4.22. The van der Waals surface area contributed by atoms with E-state index < -0.39 is 0 Å². The monoisotopic (exact) mass is 167 g/mol. The maximum absolute atomic E-state index is 6.10. The molecule has 11 heavy (non-hydrogen) atoms. The van der Waals surface area contributed by atoms with Crippen LogP contribution in [0.25, 0.3) is 0 Å². The van der Waals surface area contributed by atoms with Gasteiger partial charge in [0.25, 0.3) is 0 Å². The van der Waals surface area contributed by atoms with E-state index in [9.17, 15) is 0 Å². The Kier molecular flexibility index (Phi) is 1.53. The average Bonchev–Trinajstić information content (AvgIpc) is 2.45. The fourth-order valence-electron chi connectivity index (χ4n) is 1.47. The van der Waals surface area contributed by atoms with E-state index in [1.807, 2.05) is 6.92 Å². The SMILES string of the molecule is Cc1ccc2c(c1Cl)CCN2. The smallest absolute Gasteiger partial charge is 0.0488 e.